The molecule has 0 aliphatic rings. The number of rotatable bonds is 4. The van der Waals surface area contributed by atoms with Crippen LogP contribution in [0.4, 0.5) is 0 Å². The van der Waals surface area contributed by atoms with E-state index in [-0.39, 0.29) is 6.42 Å². The Kier molecular flexibility index (Phi) is 3.28. The molecule has 0 fully saturated rings. The molecule has 0 radical (unpaired) electrons. The first-order valence-electron chi connectivity index (χ1n) is 5.37. The number of aryl methyl sites for hydroxylation is 2. The summed E-state index contributed by atoms with van der Waals surface area (Å²) in [6.45, 7) is 2.01. The number of carboxylic acids is 1. The molecular weight excluding hydrogens is 236 g/mol. The van der Waals surface area contributed by atoms with E-state index in [0.29, 0.717) is 6.42 Å². The van der Waals surface area contributed by atoms with Crippen LogP contribution in [0.2, 0.25) is 0 Å². The molecule has 17 heavy (non-hydrogen) atoms. The van der Waals surface area contributed by atoms with Crippen molar-refractivity contribution >= 4 is 17.3 Å². The van der Waals surface area contributed by atoms with Gasteiger partial charge in [-0.2, -0.15) is 5.10 Å². The number of carboxylic acid groups (broad SMARTS) is 1. The molecule has 5 heteroatoms. The van der Waals surface area contributed by atoms with Gasteiger partial charge in [0.1, 0.15) is 0 Å². The summed E-state index contributed by atoms with van der Waals surface area (Å²) in [4.78, 5) is 11.8. The van der Waals surface area contributed by atoms with Crippen LogP contribution in [-0.2, 0) is 18.3 Å². The molecule has 1 N–H and O–H groups in total. The number of thiophene rings is 1. The molecule has 0 saturated carbocycles. The van der Waals surface area contributed by atoms with Crippen LogP contribution in [0, 0.1) is 6.92 Å². The van der Waals surface area contributed by atoms with E-state index in [1.54, 1.807) is 11.3 Å². The summed E-state index contributed by atoms with van der Waals surface area (Å²) in [5.41, 5.74) is 3.03. The van der Waals surface area contributed by atoms with Crippen molar-refractivity contribution in [3.8, 4) is 10.4 Å². The second-order valence-corrected chi connectivity index (χ2v) is 4.85. The second-order valence-electron chi connectivity index (χ2n) is 3.90. The first-order chi connectivity index (χ1) is 8.09. The maximum Gasteiger partial charge on any atom is 0.303 e. The van der Waals surface area contributed by atoms with Crippen molar-refractivity contribution in [1.29, 1.82) is 0 Å². The molecule has 0 saturated heterocycles. The van der Waals surface area contributed by atoms with Gasteiger partial charge >= 0.3 is 5.97 Å². The van der Waals surface area contributed by atoms with E-state index in [2.05, 4.69) is 5.10 Å². The molecule has 90 valence electrons. The van der Waals surface area contributed by atoms with Gasteiger partial charge in [0.25, 0.3) is 0 Å². The van der Waals surface area contributed by atoms with Crippen LogP contribution in [0.1, 0.15) is 17.8 Å². The van der Waals surface area contributed by atoms with Crippen LogP contribution in [0.5, 0.6) is 0 Å². The third-order valence-corrected chi connectivity index (χ3v) is 3.64. The number of carbonyl (C=O) groups is 1. The lowest BCUT2D eigenvalue weighted by Gasteiger charge is -1.99. The Morgan fingerprint density at radius 1 is 1.59 bits per heavy atom. The highest BCUT2D eigenvalue weighted by Gasteiger charge is 2.16. The zero-order valence-corrected chi connectivity index (χ0v) is 10.6. The van der Waals surface area contributed by atoms with Gasteiger partial charge in [0.2, 0.25) is 0 Å². The van der Waals surface area contributed by atoms with Gasteiger partial charge in [-0.3, -0.25) is 9.48 Å². The first-order valence-corrected chi connectivity index (χ1v) is 6.25. The van der Waals surface area contributed by atoms with Gasteiger partial charge in [0.05, 0.1) is 12.1 Å². The molecule has 2 aromatic rings. The second kappa shape index (κ2) is 4.71. The molecule has 2 heterocycles. The quantitative estimate of drug-likeness (QED) is 0.907. The van der Waals surface area contributed by atoms with Crippen molar-refractivity contribution in [2.24, 2.45) is 7.05 Å². The highest BCUT2D eigenvalue weighted by Crippen LogP contribution is 2.31. The Morgan fingerprint density at radius 2 is 2.35 bits per heavy atom. The lowest BCUT2D eigenvalue weighted by Crippen LogP contribution is -1.99. The van der Waals surface area contributed by atoms with Crippen molar-refractivity contribution < 1.29 is 9.90 Å². The molecule has 0 aliphatic heterocycles. The predicted octanol–water partition coefficient (Wildman–Crippen LogP) is 2.47. The molecule has 0 unspecified atom stereocenters. The predicted molar refractivity (Wildman–Crippen MR) is 67.2 cm³/mol. The molecule has 2 rings (SSSR count). The molecule has 0 bridgehead atoms. The Bertz CT molecular complexity index is 529. The van der Waals surface area contributed by atoms with Gasteiger partial charge in [0, 0.05) is 29.6 Å². The zero-order valence-electron chi connectivity index (χ0n) is 9.80. The highest BCUT2D eigenvalue weighted by atomic mass is 32.1. The molecule has 0 spiro atoms. The van der Waals surface area contributed by atoms with Crippen LogP contribution in [-0.4, -0.2) is 20.9 Å². The van der Waals surface area contributed by atoms with E-state index < -0.39 is 5.97 Å². The van der Waals surface area contributed by atoms with E-state index in [9.17, 15) is 4.79 Å². The topological polar surface area (TPSA) is 55.1 Å². The smallest absolute Gasteiger partial charge is 0.303 e. The third kappa shape index (κ3) is 2.39. The Labute approximate surface area is 104 Å². The van der Waals surface area contributed by atoms with Crippen LogP contribution >= 0.6 is 11.3 Å². The Balaban J connectivity index is 2.38. The normalized spacial score (nSPS) is 10.7. The summed E-state index contributed by atoms with van der Waals surface area (Å²) in [5.74, 6) is -0.787. The fraction of sp³-hybridized carbons (Fsp3) is 0.333. The summed E-state index contributed by atoms with van der Waals surface area (Å²) in [6.07, 6.45) is 0.596. The van der Waals surface area contributed by atoms with Gasteiger partial charge < -0.3 is 5.11 Å². The van der Waals surface area contributed by atoms with Crippen molar-refractivity contribution in [1.82, 2.24) is 9.78 Å². The monoisotopic (exact) mass is 250 g/mol. The number of nitrogens with zero attached hydrogens (tertiary/aromatic N) is 2. The van der Waals surface area contributed by atoms with Gasteiger partial charge in [-0.05, 0) is 18.4 Å². The van der Waals surface area contributed by atoms with Gasteiger partial charge in [-0.1, -0.05) is 6.07 Å². The van der Waals surface area contributed by atoms with E-state index >= 15 is 0 Å². The molecule has 2 aromatic heterocycles. The van der Waals surface area contributed by atoms with E-state index in [0.717, 1.165) is 21.8 Å². The van der Waals surface area contributed by atoms with Crippen molar-refractivity contribution in [3.63, 3.8) is 0 Å². The maximum absolute atomic E-state index is 10.6. The minimum absolute atomic E-state index is 0.120. The van der Waals surface area contributed by atoms with Crippen molar-refractivity contribution in [2.75, 3.05) is 0 Å². The molecular formula is C12H14N2O2S. The summed E-state index contributed by atoms with van der Waals surface area (Å²) in [7, 11) is 1.89. The van der Waals surface area contributed by atoms with Crippen LogP contribution in [0.25, 0.3) is 10.4 Å². The van der Waals surface area contributed by atoms with Crippen molar-refractivity contribution in [3.05, 3.63) is 28.9 Å². The molecule has 0 amide bonds. The lowest BCUT2D eigenvalue weighted by atomic mass is 10.1. The van der Waals surface area contributed by atoms with Gasteiger partial charge in [-0.25, -0.2) is 0 Å². The highest BCUT2D eigenvalue weighted by molar-refractivity contribution is 7.13. The maximum atomic E-state index is 10.6. The SMILES string of the molecule is Cc1c(-c2cccs2)c(CCC(=O)O)nn1C. The molecule has 0 atom stereocenters. The molecule has 0 aromatic carbocycles. The summed E-state index contributed by atoms with van der Waals surface area (Å²) in [6, 6.07) is 4.03. The fourth-order valence-corrected chi connectivity index (χ4v) is 2.66. The zero-order chi connectivity index (χ0) is 12.4. The summed E-state index contributed by atoms with van der Waals surface area (Å²) >= 11 is 1.65. The Hall–Kier alpha value is -1.62. The summed E-state index contributed by atoms with van der Waals surface area (Å²) < 4.78 is 1.81. The Morgan fingerprint density at radius 3 is 2.94 bits per heavy atom. The van der Waals surface area contributed by atoms with Gasteiger partial charge in [0.15, 0.2) is 0 Å². The van der Waals surface area contributed by atoms with Crippen LogP contribution < -0.4 is 0 Å². The lowest BCUT2D eigenvalue weighted by molar-refractivity contribution is -0.136. The van der Waals surface area contributed by atoms with Crippen LogP contribution in [0.15, 0.2) is 17.5 Å². The largest absolute Gasteiger partial charge is 0.481 e. The standard InChI is InChI=1S/C12H14N2O2S/c1-8-12(10-4-3-7-17-10)9(13-14(8)2)5-6-11(15)16/h3-4,7H,5-6H2,1-2H3,(H,15,16). The first kappa shape index (κ1) is 11.9. The van der Waals surface area contributed by atoms with Crippen molar-refractivity contribution in [2.45, 2.75) is 19.8 Å². The average molecular weight is 250 g/mol. The van der Waals surface area contributed by atoms with Crippen LogP contribution in [0.3, 0.4) is 0 Å². The number of aromatic nitrogens is 2. The van der Waals surface area contributed by atoms with E-state index in [1.807, 2.05) is 36.2 Å². The minimum Gasteiger partial charge on any atom is -0.481 e. The number of hydrogen-bond acceptors (Lipinski definition) is 3. The van der Waals surface area contributed by atoms with E-state index in [4.69, 9.17) is 5.11 Å². The molecule has 4 nitrogen and oxygen atoms in total. The average Bonchev–Trinajstić information content (AvgIpc) is 2.86. The number of aliphatic carboxylic acids is 1. The molecule has 0 aliphatic carbocycles. The fourth-order valence-electron chi connectivity index (χ4n) is 1.82. The van der Waals surface area contributed by atoms with E-state index in [1.165, 1.54) is 0 Å². The number of hydrogen-bond donors (Lipinski definition) is 1. The minimum atomic E-state index is -0.787. The summed E-state index contributed by atoms with van der Waals surface area (Å²) in [5, 5.41) is 15.2. The van der Waals surface area contributed by atoms with Gasteiger partial charge in [-0.15, -0.1) is 11.3 Å². The third-order valence-electron chi connectivity index (χ3n) is 2.75.